The fourth-order valence-corrected chi connectivity index (χ4v) is 2.59. The van der Waals surface area contributed by atoms with Crippen molar-refractivity contribution in [3.63, 3.8) is 0 Å². The summed E-state index contributed by atoms with van der Waals surface area (Å²) in [7, 11) is -4.05. The number of fused-ring (bicyclic) bond motifs is 1. The lowest BCUT2D eigenvalue weighted by atomic mass is 10.3. The molecule has 130 valence electrons. The second-order valence-corrected chi connectivity index (χ2v) is 6.75. The number of hydrogen-bond acceptors (Lipinski definition) is 7. The molecule has 2 N–H and O–H groups in total. The summed E-state index contributed by atoms with van der Waals surface area (Å²) in [5.41, 5.74) is 1.26. The van der Waals surface area contributed by atoms with E-state index in [2.05, 4.69) is 4.98 Å². The molecular formula is C15H13N3O6S. The highest BCUT2D eigenvalue weighted by Gasteiger charge is 2.18. The van der Waals surface area contributed by atoms with Crippen LogP contribution >= 0.6 is 0 Å². The summed E-state index contributed by atoms with van der Waals surface area (Å²) in [6.45, 7) is 1.57. The molecule has 0 aliphatic heterocycles. The van der Waals surface area contributed by atoms with Gasteiger partial charge in [-0.15, -0.1) is 0 Å². The molecule has 0 saturated heterocycles. The van der Waals surface area contributed by atoms with Crippen molar-refractivity contribution < 1.29 is 22.4 Å². The molecule has 3 heterocycles. The predicted octanol–water partition coefficient (Wildman–Crippen LogP) is 0.600. The lowest BCUT2D eigenvalue weighted by Gasteiger charge is -2.05. The number of pyridine rings is 1. The number of hydrogen-bond donors (Lipinski definition) is 1. The van der Waals surface area contributed by atoms with Crippen molar-refractivity contribution in [2.24, 2.45) is 5.14 Å². The molecule has 0 bridgehead atoms. The summed E-state index contributed by atoms with van der Waals surface area (Å²) in [6.07, 6.45) is 1.65. The number of sulfonamides is 1. The molecule has 0 atom stereocenters. The highest BCUT2D eigenvalue weighted by Crippen LogP contribution is 2.14. The lowest BCUT2D eigenvalue weighted by Crippen LogP contribution is -2.16. The predicted molar refractivity (Wildman–Crippen MR) is 85.4 cm³/mol. The van der Waals surface area contributed by atoms with Crippen LogP contribution in [0.4, 0.5) is 0 Å². The molecule has 0 unspecified atom stereocenters. The monoisotopic (exact) mass is 363 g/mol. The van der Waals surface area contributed by atoms with Crippen LogP contribution in [-0.2, 0) is 21.4 Å². The van der Waals surface area contributed by atoms with Crippen molar-refractivity contribution in [3.8, 4) is 0 Å². The van der Waals surface area contributed by atoms with Crippen LogP contribution in [0, 0.1) is 6.92 Å². The van der Waals surface area contributed by atoms with E-state index in [-0.39, 0.29) is 23.6 Å². The molecule has 0 radical (unpaired) electrons. The van der Waals surface area contributed by atoms with Crippen LogP contribution in [0.2, 0.25) is 0 Å². The van der Waals surface area contributed by atoms with Crippen LogP contribution in [0.15, 0.2) is 50.8 Å². The molecular weight excluding hydrogens is 350 g/mol. The van der Waals surface area contributed by atoms with E-state index in [1.807, 2.05) is 6.92 Å². The number of carbonyl (C=O) groups excluding carboxylic acids is 1. The van der Waals surface area contributed by atoms with Gasteiger partial charge in [-0.25, -0.2) is 23.3 Å². The molecule has 3 aromatic rings. The standard InChI is InChI=1S/C15H13N3O6S/c1-9-2-4-12-17-10(6-13(19)18(12)7-9)8-23-15(20)11-3-5-14(24-11)25(16,21)22/h2-7H,8H2,1H3,(H2,16,21,22). The van der Waals surface area contributed by atoms with E-state index in [0.29, 0.717) is 5.65 Å². The van der Waals surface area contributed by atoms with E-state index in [4.69, 9.17) is 14.3 Å². The number of ether oxygens (including phenoxy) is 1. The van der Waals surface area contributed by atoms with E-state index in [1.165, 1.54) is 10.5 Å². The zero-order chi connectivity index (χ0) is 18.2. The summed E-state index contributed by atoms with van der Waals surface area (Å²) in [6, 6.07) is 6.91. The molecule has 3 rings (SSSR count). The fraction of sp³-hybridized carbons (Fsp3) is 0.133. The van der Waals surface area contributed by atoms with Gasteiger partial charge in [0.2, 0.25) is 10.9 Å². The first-order valence-corrected chi connectivity index (χ1v) is 8.57. The maximum Gasteiger partial charge on any atom is 0.374 e. The number of esters is 1. The van der Waals surface area contributed by atoms with Crippen LogP contribution in [-0.4, -0.2) is 23.8 Å². The average Bonchev–Trinajstić information content (AvgIpc) is 3.03. The van der Waals surface area contributed by atoms with Gasteiger partial charge in [-0.1, -0.05) is 6.07 Å². The second-order valence-electron chi connectivity index (χ2n) is 5.26. The minimum Gasteiger partial charge on any atom is -0.453 e. The Balaban J connectivity index is 1.78. The second kappa shape index (κ2) is 6.15. The molecule has 0 spiro atoms. The molecule has 9 nitrogen and oxygen atoms in total. The van der Waals surface area contributed by atoms with Gasteiger partial charge in [0.15, 0.2) is 0 Å². The van der Waals surface area contributed by atoms with Gasteiger partial charge in [0, 0.05) is 12.3 Å². The van der Waals surface area contributed by atoms with Gasteiger partial charge < -0.3 is 9.15 Å². The Kier molecular flexibility index (Phi) is 4.15. The maximum absolute atomic E-state index is 12.1. The Morgan fingerprint density at radius 2 is 2.08 bits per heavy atom. The number of carbonyl (C=O) groups is 1. The first-order chi connectivity index (χ1) is 11.7. The van der Waals surface area contributed by atoms with Crippen molar-refractivity contribution in [3.05, 3.63) is 63.9 Å². The van der Waals surface area contributed by atoms with Crippen molar-refractivity contribution in [1.82, 2.24) is 9.38 Å². The smallest absolute Gasteiger partial charge is 0.374 e. The Morgan fingerprint density at radius 1 is 1.32 bits per heavy atom. The Bertz CT molecular complexity index is 1130. The minimum absolute atomic E-state index is 0.250. The Hall–Kier alpha value is -2.98. The van der Waals surface area contributed by atoms with Gasteiger partial charge in [0.05, 0.1) is 5.69 Å². The fourth-order valence-electron chi connectivity index (χ4n) is 2.13. The summed E-state index contributed by atoms with van der Waals surface area (Å²) < 4.78 is 33.4. The van der Waals surface area contributed by atoms with E-state index >= 15 is 0 Å². The summed E-state index contributed by atoms with van der Waals surface area (Å²) in [5.74, 6) is -1.22. The van der Waals surface area contributed by atoms with Crippen molar-refractivity contribution >= 4 is 21.6 Å². The molecule has 0 saturated carbocycles. The number of nitrogens with zero attached hydrogens (tertiary/aromatic N) is 2. The SMILES string of the molecule is Cc1ccc2nc(COC(=O)c3ccc(S(N)(=O)=O)o3)cc(=O)n2c1. The van der Waals surface area contributed by atoms with Crippen LogP contribution in [0.1, 0.15) is 21.8 Å². The molecule has 0 aliphatic rings. The van der Waals surface area contributed by atoms with E-state index < -0.39 is 21.1 Å². The third-order valence-electron chi connectivity index (χ3n) is 3.27. The number of rotatable bonds is 4. The molecule has 3 aromatic heterocycles. The molecule has 0 aromatic carbocycles. The van der Waals surface area contributed by atoms with Gasteiger partial charge in [0.1, 0.15) is 12.3 Å². The molecule has 0 fully saturated rings. The zero-order valence-corrected chi connectivity index (χ0v) is 13.8. The average molecular weight is 363 g/mol. The van der Waals surface area contributed by atoms with E-state index in [9.17, 15) is 18.0 Å². The first-order valence-electron chi connectivity index (χ1n) is 7.03. The topological polar surface area (TPSA) is 134 Å². The van der Waals surface area contributed by atoms with Gasteiger partial charge >= 0.3 is 5.97 Å². The number of aryl methyl sites for hydroxylation is 1. The zero-order valence-electron chi connectivity index (χ0n) is 13.0. The normalized spacial score (nSPS) is 11.6. The Morgan fingerprint density at radius 3 is 2.76 bits per heavy atom. The highest BCUT2D eigenvalue weighted by atomic mass is 32.2. The van der Waals surface area contributed by atoms with Gasteiger partial charge in [-0.05, 0) is 30.7 Å². The Labute approximate surface area is 141 Å². The minimum atomic E-state index is -4.05. The number of primary sulfonamides is 1. The third kappa shape index (κ3) is 3.59. The summed E-state index contributed by atoms with van der Waals surface area (Å²) >= 11 is 0. The third-order valence-corrected chi connectivity index (χ3v) is 4.05. The van der Waals surface area contributed by atoms with Crippen LogP contribution in [0.5, 0.6) is 0 Å². The van der Waals surface area contributed by atoms with Crippen molar-refractivity contribution in [2.45, 2.75) is 18.6 Å². The van der Waals surface area contributed by atoms with Crippen LogP contribution in [0.25, 0.3) is 5.65 Å². The number of furan rings is 1. The maximum atomic E-state index is 12.1. The number of aromatic nitrogens is 2. The highest BCUT2D eigenvalue weighted by molar-refractivity contribution is 7.89. The molecule has 25 heavy (non-hydrogen) atoms. The van der Waals surface area contributed by atoms with Crippen LogP contribution in [0.3, 0.4) is 0 Å². The van der Waals surface area contributed by atoms with Crippen molar-refractivity contribution in [1.29, 1.82) is 0 Å². The first kappa shape index (κ1) is 16.9. The van der Waals surface area contributed by atoms with Crippen LogP contribution < -0.4 is 10.7 Å². The van der Waals surface area contributed by atoms with Gasteiger partial charge in [-0.2, -0.15) is 0 Å². The van der Waals surface area contributed by atoms with Gasteiger partial charge in [-0.3, -0.25) is 9.20 Å². The summed E-state index contributed by atoms with van der Waals surface area (Å²) in [4.78, 5) is 28.2. The quantitative estimate of drug-likeness (QED) is 0.671. The van der Waals surface area contributed by atoms with E-state index in [0.717, 1.165) is 17.7 Å². The van der Waals surface area contributed by atoms with Gasteiger partial charge in [0.25, 0.3) is 15.6 Å². The van der Waals surface area contributed by atoms with E-state index in [1.54, 1.807) is 18.3 Å². The number of nitrogens with two attached hydrogens (primary N) is 1. The summed E-state index contributed by atoms with van der Waals surface area (Å²) in [5, 5.41) is 4.35. The molecule has 0 amide bonds. The largest absolute Gasteiger partial charge is 0.453 e. The molecule has 0 aliphatic carbocycles. The molecule has 10 heteroatoms. The van der Waals surface area contributed by atoms with Crippen molar-refractivity contribution in [2.75, 3.05) is 0 Å². The lowest BCUT2D eigenvalue weighted by molar-refractivity contribution is 0.0425.